The number of morpholine rings is 1. The van der Waals surface area contributed by atoms with E-state index in [1.807, 2.05) is 0 Å². The number of nitrogens with zero attached hydrogens (tertiary/aromatic N) is 2. The highest BCUT2D eigenvalue weighted by Crippen LogP contribution is 2.24. The summed E-state index contributed by atoms with van der Waals surface area (Å²) >= 11 is 0. The summed E-state index contributed by atoms with van der Waals surface area (Å²) in [6.07, 6.45) is 2.51. The summed E-state index contributed by atoms with van der Waals surface area (Å²) in [6.45, 7) is 4.59. The predicted molar refractivity (Wildman–Crippen MR) is 120 cm³/mol. The first-order valence-corrected chi connectivity index (χ1v) is 11.1. The second kappa shape index (κ2) is 10.1. The molecule has 1 N–H and O–H groups in total. The molecule has 0 unspecified atom stereocenters. The van der Waals surface area contributed by atoms with Gasteiger partial charge in [-0.3, -0.25) is 23.9 Å². The van der Waals surface area contributed by atoms with Crippen molar-refractivity contribution in [3.63, 3.8) is 0 Å². The number of ether oxygens (including phenoxy) is 2. The van der Waals surface area contributed by atoms with Crippen molar-refractivity contribution in [2.24, 2.45) is 0 Å². The van der Waals surface area contributed by atoms with Crippen molar-refractivity contribution in [1.82, 2.24) is 14.8 Å². The minimum absolute atomic E-state index is 0.00110. The highest BCUT2D eigenvalue weighted by Gasteiger charge is 2.26. The fraction of sp³-hybridized carbons (Fsp3) is 0.458. The molecule has 8 heteroatoms. The van der Waals surface area contributed by atoms with Crippen molar-refractivity contribution in [3.8, 4) is 11.4 Å². The van der Waals surface area contributed by atoms with Crippen molar-refractivity contribution < 1.29 is 19.1 Å². The van der Waals surface area contributed by atoms with Gasteiger partial charge >= 0.3 is 0 Å². The Bertz CT molecular complexity index is 1040. The lowest BCUT2D eigenvalue weighted by Gasteiger charge is -2.26. The van der Waals surface area contributed by atoms with Gasteiger partial charge < -0.3 is 14.8 Å². The molecule has 2 heterocycles. The molecular weight excluding hydrogens is 410 g/mol. The topological polar surface area (TPSA) is 89.9 Å². The third-order valence-electron chi connectivity index (χ3n) is 6.04. The smallest absolute Gasteiger partial charge is 0.268 e. The molecule has 1 amide bonds. The number of amides is 1. The summed E-state index contributed by atoms with van der Waals surface area (Å²) < 4.78 is 12.1. The Morgan fingerprint density at radius 3 is 2.59 bits per heavy atom. The first kappa shape index (κ1) is 22.2. The van der Waals surface area contributed by atoms with Crippen LogP contribution in [0.2, 0.25) is 0 Å². The van der Waals surface area contributed by atoms with Gasteiger partial charge in [-0.05, 0) is 56.1 Å². The first-order valence-electron chi connectivity index (χ1n) is 11.1. The molecule has 2 aliphatic rings. The normalized spacial score (nSPS) is 16.5. The summed E-state index contributed by atoms with van der Waals surface area (Å²) in [6, 6.07) is 8.54. The number of pyridine rings is 1. The van der Waals surface area contributed by atoms with Crippen LogP contribution in [-0.2, 0) is 11.2 Å². The van der Waals surface area contributed by atoms with Crippen LogP contribution >= 0.6 is 0 Å². The molecule has 0 spiro atoms. The number of nitrogens with one attached hydrogen (secondary N) is 1. The summed E-state index contributed by atoms with van der Waals surface area (Å²) in [5.41, 5.74) is 1.34. The number of aromatic nitrogens is 1. The van der Waals surface area contributed by atoms with Crippen molar-refractivity contribution in [2.45, 2.75) is 25.7 Å². The molecule has 2 aromatic rings. The molecule has 32 heavy (non-hydrogen) atoms. The van der Waals surface area contributed by atoms with Crippen LogP contribution in [0, 0.1) is 0 Å². The largest absolute Gasteiger partial charge is 0.497 e. The summed E-state index contributed by atoms with van der Waals surface area (Å²) in [5.74, 6) is 0.191. The SMILES string of the molecule is COc1ccc(-n2c3c(cc(C(=O)NCCCN4CCOCC4)c2=O)C(=O)CCC3)cc1. The van der Waals surface area contributed by atoms with Gasteiger partial charge in [-0.2, -0.15) is 0 Å². The second-order valence-corrected chi connectivity index (χ2v) is 8.10. The molecular formula is C24H29N3O5. The number of carbonyl (C=O) groups is 2. The monoisotopic (exact) mass is 439 g/mol. The van der Waals surface area contributed by atoms with E-state index in [-0.39, 0.29) is 11.3 Å². The van der Waals surface area contributed by atoms with E-state index >= 15 is 0 Å². The zero-order valence-corrected chi connectivity index (χ0v) is 18.4. The van der Waals surface area contributed by atoms with E-state index in [1.54, 1.807) is 31.4 Å². The molecule has 0 saturated carbocycles. The van der Waals surface area contributed by atoms with Crippen LogP contribution < -0.4 is 15.6 Å². The molecule has 1 aromatic carbocycles. The van der Waals surface area contributed by atoms with Crippen LogP contribution in [0.25, 0.3) is 5.69 Å². The van der Waals surface area contributed by atoms with Gasteiger partial charge in [-0.1, -0.05) is 0 Å². The first-order chi connectivity index (χ1) is 15.6. The van der Waals surface area contributed by atoms with Crippen LogP contribution in [0.4, 0.5) is 0 Å². The Kier molecular flexibility index (Phi) is 7.02. The van der Waals surface area contributed by atoms with Gasteiger partial charge in [-0.15, -0.1) is 0 Å². The molecule has 0 radical (unpaired) electrons. The predicted octanol–water partition coefficient (Wildman–Crippen LogP) is 1.82. The summed E-state index contributed by atoms with van der Waals surface area (Å²) in [4.78, 5) is 41.2. The van der Waals surface area contributed by atoms with E-state index in [0.717, 1.165) is 39.3 Å². The average Bonchev–Trinajstić information content (AvgIpc) is 2.82. The zero-order valence-electron chi connectivity index (χ0n) is 18.4. The minimum atomic E-state index is -0.444. The van der Waals surface area contributed by atoms with E-state index < -0.39 is 11.5 Å². The van der Waals surface area contributed by atoms with E-state index in [9.17, 15) is 14.4 Å². The lowest BCUT2D eigenvalue weighted by Crippen LogP contribution is -2.39. The highest BCUT2D eigenvalue weighted by molar-refractivity contribution is 6.01. The van der Waals surface area contributed by atoms with Gasteiger partial charge in [0.2, 0.25) is 0 Å². The number of benzene rings is 1. The van der Waals surface area contributed by atoms with E-state index in [2.05, 4.69) is 10.2 Å². The number of hydrogen-bond donors (Lipinski definition) is 1. The summed E-state index contributed by atoms with van der Waals surface area (Å²) in [7, 11) is 1.58. The molecule has 170 valence electrons. The van der Waals surface area contributed by atoms with Gasteiger partial charge in [0.05, 0.1) is 20.3 Å². The third-order valence-corrected chi connectivity index (χ3v) is 6.04. The number of rotatable bonds is 7. The Balaban J connectivity index is 1.57. The number of hydrogen-bond acceptors (Lipinski definition) is 6. The quantitative estimate of drug-likeness (QED) is 0.662. The van der Waals surface area contributed by atoms with E-state index in [0.29, 0.717) is 48.5 Å². The Labute approximate surface area is 187 Å². The molecule has 8 nitrogen and oxygen atoms in total. The summed E-state index contributed by atoms with van der Waals surface area (Å²) in [5, 5.41) is 2.86. The van der Waals surface area contributed by atoms with Crippen molar-refractivity contribution >= 4 is 11.7 Å². The Morgan fingerprint density at radius 2 is 1.88 bits per heavy atom. The van der Waals surface area contributed by atoms with Crippen LogP contribution in [0.1, 0.15) is 45.7 Å². The standard InChI is InChI=1S/C24H29N3O5/c1-31-18-8-6-17(7-9-18)27-21-4-2-5-22(28)19(21)16-20(24(27)30)23(29)25-10-3-11-26-12-14-32-15-13-26/h6-9,16H,2-5,10-15H2,1H3,(H,25,29). The lowest BCUT2D eigenvalue weighted by molar-refractivity contribution is 0.0374. The number of Topliss-reactive ketones (excluding diaryl/α,β-unsaturated/α-hetero) is 1. The van der Waals surface area contributed by atoms with Crippen molar-refractivity contribution in [3.05, 3.63) is 57.5 Å². The van der Waals surface area contributed by atoms with Crippen molar-refractivity contribution in [2.75, 3.05) is 46.5 Å². The van der Waals surface area contributed by atoms with Crippen LogP contribution in [-0.4, -0.2) is 67.7 Å². The maximum absolute atomic E-state index is 13.4. The number of methoxy groups -OCH3 is 1. The van der Waals surface area contributed by atoms with E-state index in [1.165, 1.54) is 10.6 Å². The third kappa shape index (κ3) is 4.76. The van der Waals surface area contributed by atoms with Crippen LogP contribution in [0.15, 0.2) is 35.1 Å². The number of ketones is 1. The van der Waals surface area contributed by atoms with E-state index in [4.69, 9.17) is 9.47 Å². The Hall–Kier alpha value is -2.97. The molecule has 1 aliphatic carbocycles. The minimum Gasteiger partial charge on any atom is -0.497 e. The molecule has 1 fully saturated rings. The maximum atomic E-state index is 13.4. The molecule has 4 rings (SSSR count). The van der Waals surface area contributed by atoms with Crippen LogP contribution in [0.5, 0.6) is 5.75 Å². The molecule has 1 aromatic heterocycles. The number of carbonyl (C=O) groups excluding carboxylic acids is 2. The highest BCUT2D eigenvalue weighted by atomic mass is 16.5. The molecule has 0 bridgehead atoms. The van der Waals surface area contributed by atoms with Gasteiger partial charge in [0, 0.05) is 43.0 Å². The van der Waals surface area contributed by atoms with Gasteiger partial charge in [0.25, 0.3) is 11.5 Å². The molecule has 0 atom stereocenters. The maximum Gasteiger partial charge on any atom is 0.268 e. The fourth-order valence-corrected chi connectivity index (χ4v) is 4.28. The Morgan fingerprint density at radius 1 is 1.12 bits per heavy atom. The second-order valence-electron chi connectivity index (χ2n) is 8.10. The van der Waals surface area contributed by atoms with Gasteiger partial charge in [0.1, 0.15) is 11.3 Å². The lowest BCUT2D eigenvalue weighted by atomic mass is 9.92. The number of fused-ring (bicyclic) bond motifs is 1. The molecule has 1 saturated heterocycles. The fourth-order valence-electron chi connectivity index (χ4n) is 4.28. The molecule has 1 aliphatic heterocycles. The van der Waals surface area contributed by atoms with Gasteiger partial charge in [0.15, 0.2) is 5.78 Å². The average molecular weight is 440 g/mol. The zero-order chi connectivity index (χ0) is 22.5. The van der Waals surface area contributed by atoms with Crippen molar-refractivity contribution in [1.29, 1.82) is 0 Å². The van der Waals surface area contributed by atoms with Crippen LogP contribution in [0.3, 0.4) is 0 Å². The van der Waals surface area contributed by atoms with Gasteiger partial charge in [-0.25, -0.2) is 0 Å².